The number of nitrogens with zero attached hydrogens (tertiary/aromatic N) is 7. The first-order chi connectivity index (χ1) is 15.7. The summed E-state index contributed by atoms with van der Waals surface area (Å²) < 4.78 is 30.2. The lowest BCUT2D eigenvalue weighted by atomic mass is 10.1. The summed E-state index contributed by atoms with van der Waals surface area (Å²) in [6.45, 7) is 4.38. The number of anilines is 1. The molecule has 0 unspecified atom stereocenters. The van der Waals surface area contributed by atoms with Crippen molar-refractivity contribution in [2.24, 2.45) is 0 Å². The Morgan fingerprint density at radius 1 is 0.906 bits per heavy atom. The van der Waals surface area contributed by atoms with Gasteiger partial charge in [0.15, 0.2) is 0 Å². The Hall–Kier alpha value is -3.73. The predicted molar refractivity (Wildman–Crippen MR) is 112 cm³/mol. The van der Waals surface area contributed by atoms with Gasteiger partial charge in [-0.2, -0.15) is 13.6 Å². The Kier molecular flexibility index (Phi) is 5.55. The summed E-state index contributed by atoms with van der Waals surface area (Å²) in [5, 5.41) is 23.1. The zero-order chi connectivity index (χ0) is 21.9. The lowest BCUT2D eigenvalue weighted by Gasteiger charge is -2.29. The number of hydrogen-bond donors (Lipinski definition) is 1. The molecule has 1 aliphatic heterocycles. The molecule has 1 saturated heterocycles. The number of aromatic nitrogens is 6. The predicted octanol–water partition coefficient (Wildman–Crippen LogP) is 2.79. The molecule has 0 aliphatic carbocycles. The van der Waals surface area contributed by atoms with Gasteiger partial charge in [0.1, 0.15) is 0 Å². The van der Waals surface area contributed by atoms with Gasteiger partial charge < -0.3 is 14.6 Å². The summed E-state index contributed by atoms with van der Waals surface area (Å²) in [4.78, 5) is 3.85. The van der Waals surface area contributed by atoms with Crippen molar-refractivity contribution in [1.29, 1.82) is 0 Å². The highest BCUT2D eigenvalue weighted by atomic mass is 19.3. The molecule has 1 N–H and O–H groups in total. The zero-order valence-corrected chi connectivity index (χ0v) is 17.0. The number of rotatable bonds is 6. The molecule has 5 rings (SSSR count). The van der Waals surface area contributed by atoms with E-state index < -0.39 is 12.3 Å². The first kappa shape index (κ1) is 20.2. The van der Waals surface area contributed by atoms with Gasteiger partial charge in [-0.1, -0.05) is 12.1 Å². The number of benzene rings is 2. The fraction of sp³-hybridized carbons (Fsp3) is 0.286. The third-order valence-corrected chi connectivity index (χ3v) is 5.21. The van der Waals surface area contributed by atoms with Crippen molar-refractivity contribution < 1.29 is 13.2 Å². The number of halogens is 2. The van der Waals surface area contributed by atoms with Crippen LogP contribution < -0.4 is 10.2 Å². The van der Waals surface area contributed by atoms with Crippen LogP contribution in [-0.4, -0.2) is 56.6 Å². The van der Waals surface area contributed by atoms with Gasteiger partial charge in [0, 0.05) is 43.0 Å². The molecular formula is C21H20F2N8O. The van der Waals surface area contributed by atoms with Crippen LogP contribution in [-0.2, 0) is 6.54 Å². The molecule has 9 nitrogen and oxygen atoms in total. The van der Waals surface area contributed by atoms with Crippen molar-refractivity contribution in [3.05, 3.63) is 60.0 Å². The van der Waals surface area contributed by atoms with E-state index in [1.165, 1.54) is 10.5 Å². The Balaban J connectivity index is 1.25. The van der Waals surface area contributed by atoms with E-state index in [1.807, 2.05) is 24.3 Å². The second-order valence-electron chi connectivity index (χ2n) is 7.37. The number of hydrogen-bond acceptors (Lipinski definition) is 8. The van der Waals surface area contributed by atoms with Gasteiger partial charge in [0.2, 0.25) is 11.7 Å². The third-order valence-electron chi connectivity index (χ3n) is 5.21. The van der Waals surface area contributed by atoms with E-state index in [4.69, 9.17) is 4.42 Å². The average molecular weight is 438 g/mol. The number of piperazine rings is 1. The van der Waals surface area contributed by atoms with E-state index in [-0.39, 0.29) is 5.89 Å². The van der Waals surface area contributed by atoms with Crippen LogP contribution in [0, 0.1) is 0 Å². The molecule has 0 bridgehead atoms. The molecule has 0 radical (unpaired) electrons. The molecule has 32 heavy (non-hydrogen) atoms. The van der Waals surface area contributed by atoms with Crippen molar-refractivity contribution in [1.82, 2.24) is 35.7 Å². The minimum absolute atomic E-state index is 0.0530. The van der Waals surface area contributed by atoms with Crippen LogP contribution in [0.1, 0.15) is 17.9 Å². The monoisotopic (exact) mass is 438 g/mol. The fourth-order valence-corrected chi connectivity index (χ4v) is 3.53. The topological polar surface area (TPSA) is 97.8 Å². The molecule has 0 atom stereocenters. The van der Waals surface area contributed by atoms with Crippen LogP contribution in [0.2, 0.25) is 0 Å². The number of alkyl halides is 2. The Morgan fingerprint density at radius 3 is 2.31 bits per heavy atom. The number of nitrogens with one attached hydrogen (secondary N) is 1. The summed E-state index contributed by atoms with van der Waals surface area (Å²) in [5.41, 5.74) is 3.56. The molecule has 164 valence electrons. The van der Waals surface area contributed by atoms with Crippen molar-refractivity contribution in [2.75, 3.05) is 31.1 Å². The summed E-state index contributed by atoms with van der Waals surface area (Å²) >= 11 is 0. The Labute approximate surface area is 182 Å². The summed E-state index contributed by atoms with van der Waals surface area (Å²) in [6.07, 6.45) is -2.79. The largest absolute Gasteiger partial charge is 0.415 e. The smallest absolute Gasteiger partial charge is 0.314 e. The molecule has 2 aromatic heterocycles. The van der Waals surface area contributed by atoms with E-state index in [2.05, 4.69) is 48.0 Å². The third kappa shape index (κ3) is 4.33. The summed E-state index contributed by atoms with van der Waals surface area (Å²) in [5.74, 6) is -0.0828. The highest BCUT2D eigenvalue weighted by Gasteiger charge is 2.17. The van der Waals surface area contributed by atoms with Crippen LogP contribution in [0.5, 0.6) is 0 Å². The van der Waals surface area contributed by atoms with E-state index in [1.54, 1.807) is 12.1 Å². The lowest BCUT2D eigenvalue weighted by molar-refractivity contribution is 0.116. The normalized spacial score (nSPS) is 14.3. The summed E-state index contributed by atoms with van der Waals surface area (Å²) in [6, 6.07) is 15.3. The second-order valence-corrected chi connectivity index (χ2v) is 7.37. The van der Waals surface area contributed by atoms with Gasteiger partial charge >= 0.3 is 6.43 Å². The fourth-order valence-electron chi connectivity index (χ4n) is 3.53. The van der Waals surface area contributed by atoms with Gasteiger partial charge in [-0.25, -0.2) is 0 Å². The Morgan fingerprint density at radius 2 is 1.62 bits per heavy atom. The molecule has 11 heteroatoms. The van der Waals surface area contributed by atoms with Crippen LogP contribution in [0.4, 0.5) is 14.5 Å². The van der Waals surface area contributed by atoms with Crippen molar-refractivity contribution in [3.63, 3.8) is 0 Å². The zero-order valence-electron chi connectivity index (χ0n) is 17.0. The van der Waals surface area contributed by atoms with Gasteiger partial charge in [0.25, 0.3) is 5.89 Å². The van der Waals surface area contributed by atoms with Crippen molar-refractivity contribution in [2.45, 2.75) is 13.0 Å². The second kappa shape index (κ2) is 8.79. The maximum Gasteiger partial charge on any atom is 0.314 e. The standard InChI is InChI=1S/C21H20F2N8O/c22-18(23)21-27-26-20(32-21)16-3-1-14(2-4-16)13-31-28-19(25-29-31)15-5-7-17(8-6-15)30-11-9-24-10-12-30/h1-8,18,24H,9-13H2. The molecule has 0 spiro atoms. The Bertz CT molecular complexity index is 1170. The van der Waals surface area contributed by atoms with Crippen LogP contribution in [0.25, 0.3) is 22.8 Å². The first-order valence-electron chi connectivity index (χ1n) is 10.2. The van der Waals surface area contributed by atoms with E-state index in [9.17, 15) is 8.78 Å². The molecule has 2 aromatic carbocycles. The minimum Gasteiger partial charge on any atom is -0.415 e. The maximum absolute atomic E-state index is 12.6. The quantitative estimate of drug-likeness (QED) is 0.491. The molecule has 4 aromatic rings. The highest BCUT2D eigenvalue weighted by Crippen LogP contribution is 2.24. The lowest BCUT2D eigenvalue weighted by Crippen LogP contribution is -2.43. The van der Waals surface area contributed by atoms with Gasteiger partial charge in [-0.15, -0.1) is 20.4 Å². The van der Waals surface area contributed by atoms with E-state index >= 15 is 0 Å². The molecule has 0 amide bonds. The van der Waals surface area contributed by atoms with Gasteiger partial charge in [-0.3, -0.25) is 0 Å². The van der Waals surface area contributed by atoms with Crippen LogP contribution >= 0.6 is 0 Å². The SMILES string of the molecule is FC(F)c1nnc(-c2ccc(Cn3nnc(-c4ccc(N5CCNCC5)cc4)n3)cc2)o1. The molecule has 1 fully saturated rings. The van der Waals surface area contributed by atoms with E-state index in [0.717, 1.165) is 37.3 Å². The van der Waals surface area contributed by atoms with Gasteiger partial charge in [0.05, 0.1) is 6.54 Å². The molecular weight excluding hydrogens is 418 g/mol. The highest BCUT2D eigenvalue weighted by molar-refractivity contribution is 5.60. The van der Waals surface area contributed by atoms with E-state index in [0.29, 0.717) is 17.9 Å². The molecule has 0 saturated carbocycles. The van der Waals surface area contributed by atoms with Crippen LogP contribution in [0.3, 0.4) is 0 Å². The first-order valence-corrected chi connectivity index (χ1v) is 10.2. The minimum atomic E-state index is -2.79. The average Bonchev–Trinajstić information content (AvgIpc) is 3.51. The molecule has 3 heterocycles. The van der Waals surface area contributed by atoms with Crippen molar-refractivity contribution >= 4 is 5.69 Å². The summed E-state index contributed by atoms with van der Waals surface area (Å²) in [7, 11) is 0. The maximum atomic E-state index is 12.6. The number of tetrazole rings is 1. The van der Waals surface area contributed by atoms with Crippen molar-refractivity contribution in [3.8, 4) is 22.8 Å². The molecule has 1 aliphatic rings. The van der Waals surface area contributed by atoms with Gasteiger partial charge in [-0.05, 0) is 47.2 Å². The van der Waals surface area contributed by atoms with Crippen LogP contribution in [0.15, 0.2) is 52.9 Å².